The summed E-state index contributed by atoms with van der Waals surface area (Å²) in [6.07, 6.45) is 0. The second kappa shape index (κ2) is 6.53. The standard InChI is InChI=1S/C16H15BrN4O3/c1-9(19)12(7-18)13(22)8-21-14(23)16(2,20-15(21)24)10-4-3-5-11(17)6-10/h3-6,12,19H,8H2,1-2H3,(H,20,24)/t12?,16-/m0/s1. The number of amides is 3. The monoisotopic (exact) mass is 390 g/mol. The number of nitrogens with one attached hydrogen (secondary N) is 2. The molecule has 1 fully saturated rings. The van der Waals surface area contributed by atoms with Crippen LogP contribution in [0, 0.1) is 22.7 Å². The Kier molecular flexibility index (Phi) is 4.85. The van der Waals surface area contributed by atoms with Crippen LogP contribution in [0.5, 0.6) is 0 Å². The second-order valence-electron chi connectivity index (χ2n) is 5.67. The molecule has 0 spiro atoms. The summed E-state index contributed by atoms with van der Waals surface area (Å²) < 4.78 is 0.752. The molecule has 7 nitrogen and oxygen atoms in total. The van der Waals surface area contributed by atoms with Gasteiger partial charge in [0.1, 0.15) is 11.5 Å². The molecule has 124 valence electrons. The fraction of sp³-hybridized carbons (Fsp3) is 0.312. The molecule has 1 heterocycles. The van der Waals surface area contributed by atoms with Crippen LogP contribution < -0.4 is 5.32 Å². The maximum Gasteiger partial charge on any atom is 0.325 e. The van der Waals surface area contributed by atoms with Crippen molar-refractivity contribution in [3.8, 4) is 6.07 Å². The molecule has 2 atom stereocenters. The second-order valence-corrected chi connectivity index (χ2v) is 6.58. The molecule has 1 saturated heterocycles. The Morgan fingerprint density at radius 1 is 1.50 bits per heavy atom. The van der Waals surface area contributed by atoms with Gasteiger partial charge in [0.05, 0.1) is 12.6 Å². The fourth-order valence-electron chi connectivity index (χ4n) is 2.49. The molecule has 1 aromatic carbocycles. The van der Waals surface area contributed by atoms with Crippen molar-refractivity contribution in [2.24, 2.45) is 5.92 Å². The number of carbonyl (C=O) groups is 3. The van der Waals surface area contributed by atoms with Crippen molar-refractivity contribution >= 4 is 39.4 Å². The van der Waals surface area contributed by atoms with Gasteiger partial charge in [0.15, 0.2) is 5.78 Å². The third-order valence-corrected chi connectivity index (χ3v) is 4.37. The van der Waals surface area contributed by atoms with Crippen LogP contribution in [0.25, 0.3) is 0 Å². The molecular weight excluding hydrogens is 376 g/mol. The van der Waals surface area contributed by atoms with Crippen molar-refractivity contribution in [1.29, 1.82) is 10.7 Å². The lowest BCUT2D eigenvalue weighted by Gasteiger charge is -2.22. The number of urea groups is 1. The molecule has 0 aromatic heterocycles. The highest BCUT2D eigenvalue weighted by Gasteiger charge is 2.49. The lowest BCUT2D eigenvalue weighted by Crippen LogP contribution is -2.42. The van der Waals surface area contributed by atoms with Crippen LogP contribution >= 0.6 is 15.9 Å². The zero-order valence-corrected chi connectivity index (χ0v) is 14.7. The molecule has 0 bridgehead atoms. The number of benzene rings is 1. The lowest BCUT2D eigenvalue weighted by atomic mass is 9.92. The summed E-state index contributed by atoms with van der Waals surface area (Å²) >= 11 is 3.32. The van der Waals surface area contributed by atoms with E-state index in [0.29, 0.717) is 5.56 Å². The number of nitriles is 1. The van der Waals surface area contributed by atoms with Gasteiger partial charge in [-0.05, 0) is 31.5 Å². The fourth-order valence-corrected chi connectivity index (χ4v) is 2.89. The van der Waals surface area contributed by atoms with Crippen LogP contribution in [0.15, 0.2) is 28.7 Å². The van der Waals surface area contributed by atoms with E-state index in [4.69, 9.17) is 10.7 Å². The van der Waals surface area contributed by atoms with E-state index in [1.165, 1.54) is 6.92 Å². The van der Waals surface area contributed by atoms with Gasteiger partial charge in [-0.15, -0.1) is 0 Å². The molecule has 1 aliphatic heterocycles. The normalized spacial score (nSPS) is 21.2. The first-order chi connectivity index (χ1) is 11.2. The van der Waals surface area contributed by atoms with Crippen LogP contribution in [-0.4, -0.2) is 34.9 Å². The minimum Gasteiger partial charge on any atom is -0.319 e. The molecule has 0 saturated carbocycles. The summed E-state index contributed by atoms with van der Waals surface area (Å²) in [6, 6.07) is 7.96. The summed E-state index contributed by atoms with van der Waals surface area (Å²) in [4.78, 5) is 37.8. The predicted octanol–water partition coefficient (Wildman–Crippen LogP) is 1.96. The first kappa shape index (κ1) is 17.8. The number of rotatable bonds is 5. The Hall–Kier alpha value is -2.53. The van der Waals surface area contributed by atoms with Crippen molar-refractivity contribution < 1.29 is 14.4 Å². The molecule has 1 aromatic rings. The van der Waals surface area contributed by atoms with E-state index < -0.39 is 35.7 Å². The topological polar surface area (TPSA) is 114 Å². The van der Waals surface area contributed by atoms with E-state index in [2.05, 4.69) is 21.2 Å². The number of halogens is 1. The van der Waals surface area contributed by atoms with Crippen LogP contribution in [0.4, 0.5) is 4.79 Å². The molecule has 1 aliphatic rings. The van der Waals surface area contributed by atoms with Crippen LogP contribution in [0.1, 0.15) is 19.4 Å². The van der Waals surface area contributed by atoms with E-state index in [1.807, 2.05) is 0 Å². The number of ketones is 1. The summed E-state index contributed by atoms with van der Waals surface area (Å²) in [5, 5.41) is 19.0. The number of nitrogens with zero attached hydrogens (tertiary/aromatic N) is 2. The highest BCUT2D eigenvalue weighted by atomic mass is 79.9. The van der Waals surface area contributed by atoms with Crippen molar-refractivity contribution in [2.45, 2.75) is 19.4 Å². The minimum absolute atomic E-state index is 0.121. The highest BCUT2D eigenvalue weighted by Crippen LogP contribution is 2.30. The zero-order chi connectivity index (χ0) is 18.1. The number of imide groups is 1. The van der Waals surface area contributed by atoms with Crippen molar-refractivity contribution in [3.05, 3.63) is 34.3 Å². The van der Waals surface area contributed by atoms with E-state index in [9.17, 15) is 14.4 Å². The van der Waals surface area contributed by atoms with Gasteiger partial charge in [-0.3, -0.25) is 14.5 Å². The summed E-state index contributed by atoms with van der Waals surface area (Å²) in [6.45, 7) is 2.36. The molecule has 0 radical (unpaired) electrons. The first-order valence-electron chi connectivity index (χ1n) is 7.08. The van der Waals surface area contributed by atoms with E-state index in [-0.39, 0.29) is 5.71 Å². The molecule has 2 rings (SSSR count). The Morgan fingerprint density at radius 2 is 2.17 bits per heavy atom. The third-order valence-electron chi connectivity index (χ3n) is 3.87. The van der Waals surface area contributed by atoms with Crippen molar-refractivity contribution in [2.75, 3.05) is 6.54 Å². The van der Waals surface area contributed by atoms with Gasteiger partial charge in [-0.1, -0.05) is 28.1 Å². The Labute approximate surface area is 147 Å². The molecule has 2 N–H and O–H groups in total. The number of carbonyl (C=O) groups excluding carboxylic acids is 3. The van der Waals surface area contributed by atoms with Crippen LogP contribution in [0.3, 0.4) is 0 Å². The van der Waals surface area contributed by atoms with Crippen molar-refractivity contribution in [3.63, 3.8) is 0 Å². The quantitative estimate of drug-likeness (QED) is 0.590. The summed E-state index contributed by atoms with van der Waals surface area (Å²) in [7, 11) is 0. The first-order valence-corrected chi connectivity index (χ1v) is 7.87. The van der Waals surface area contributed by atoms with Crippen LogP contribution in [-0.2, 0) is 15.1 Å². The minimum atomic E-state index is -1.29. The van der Waals surface area contributed by atoms with Gasteiger partial charge in [0, 0.05) is 10.2 Å². The largest absolute Gasteiger partial charge is 0.325 e. The summed E-state index contributed by atoms with van der Waals surface area (Å²) in [5.41, 5.74) is -0.835. The van der Waals surface area contributed by atoms with Crippen molar-refractivity contribution in [1.82, 2.24) is 10.2 Å². The Morgan fingerprint density at radius 3 is 2.71 bits per heavy atom. The molecule has 8 heteroatoms. The zero-order valence-electron chi connectivity index (χ0n) is 13.1. The Balaban J connectivity index is 2.28. The number of Topliss-reactive ketones (excluding diaryl/α,β-unsaturated/α-hetero) is 1. The van der Waals surface area contributed by atoms with Crippen LogP contribution in [0.2, 0.25) is 0 Å². The number of hydrogen-bond donors (Lipinski definition) is 2. The molecule has 1 unspecified atom stereocenters. The molecular formula is C16H15BrN4O3. The SMILES string of the molecule is CC(=N)C(C#N)C(=O)CN1C(=O)N[C@@](C)(c2cccc(Br)c2)C1=O. The van der Waals surface area contributed by atoms with E-state index in [0.717, 1.165) is 9.37 Å². The Bertz CT molecular complexity index is 786. The van der Waals surface area contributed by atoms with E-state index in [1.54, 1.807) is 37.3 Å². The predicted molar refractivity (Wildman–Crippen MR) is 89.2 cm³/mol. The lowest BCUT2D eigenvalue weighted by molar-refractivity contribution is -0.134. The smallest absolute Gasteiger partial charge is 0.319 e. The van der Waals surface area contributed by atoms with Gasteiger partial charge in [0.25, 0.3) is 5.91 Å². The molecule has 3 amide bonds. The highest BCUT2D eigenvalue weighted by molar-refractivity contribution is 9.10. The van der Waals surface area contributed by atoms with Gasteiger partial charge in [-0.25, -0.2) is 4.79 Å². The molecule has 0 aliphatic carbocycles. The number of hydrogen-bond acceptors (Lipinski definition) is 5. The van der Waals surface area contributed by atoms with E-state index >= 15 is 0 Å². The summed E-state index contributed by atoms with van der Waals surface area (Å²) in [5.74, 6) is -2.49. The maximum atomic E-state index is 12.7. The molecule has 24 heavy (non-hydrogen) atoms. The average Bonchev–Trinajstić information content (AvgIpc) is 2.72. The third kappa shape index (κ3) is 3.08. The van der Waals surface area contributed by atoms with Gasteiger partial charge >= 0.3 is 6.03 Å². The van der Waals surface area contributed by atoms with Gasteiger partial charge in [0.2, 0.25) is 0 Å². The average molecular weight is 391 g/mol. The maximum absolute atomic E-state index is 12.7. The van der Waals surface area contributed by atoms with Gasteiger partial charge < -0.3 is 10.7 Å². The van der Waals surface area contributed by atoms with Gasteiger partial charge in [-0.2, -0.15) is 5.26 Å².